The molecule has 0 fully saturated rings. The number of nitrogen functional groups attached to an aromatic ring is 1. The molecule has 2 aromatic rings. The molecule has 1 amide bonds. The lowest BCUT2D eigenvalue weighted by atomic mass is 10.1. The highest BCUT2D eigenvalue weighted by atomic mass is 16.3. The molecule has 0 aromatic heterocycles. The summed E-state index contributed by atoms with van der Waals surface area (Å²) in [5, 5.41) is 12.2. The molecule has 0 bridgehead atoms. The number of nitrogens with one attached hydrogen (secondary N) is 1. The number of hydrogen-bond donors (Lipinski definition) is 3. The van der Waals surface area contributed by atoms with Gasteiger partial charge in [0, 0.05) is 11.3 Å². The van der Waals surface area contributed by atoms with E-state index >= 15 is 0 Å². The predicted octanol–water partition coefficient (Wildman–Crippen LogP) is 2.54. The van der Waals surface area contributed by atoms with Crippen LogP contribution in [0, 0.1) is 6.92 Å². The van der Waals surface area contributed by atoms with E-state index in [4.69, 9.17) is 5.73 Å². The summed E-state index contributed by atoms with van der Waals surface area (Å²) in [6.45, 7) is 1.91. The zero-order valence-electron chi connectivity index (χ0n) is 9.97. The van der Waals surface area contributed by atoms with E-state index in [0.29, 0.717) is 5.56 Å². The molecule has 0 unspecified atom stereocenters. The molecule has 0 atom stereocenters. The van der Waals surface area contributed by atoms with E-state index in [2.05, 4.69) is 5.32 Å². The summed E-state index contributed by atoms with van der Waals surface area (Å²) >= 11 is 0. The van der Waals surface area contributed by atoms with Crippen LogP contribution in [0.15, 0.2) is 42.5 Å². The molecule has 0 spiro atoms. The topological polar surface area (TPSA) is 75.4 Å². The molecule has 0 aliphatic heterocycles. The molecule has 2 aromatic carbocycles. The number of benzene rings is 2. The van der Waals surface area contributed by atoms with Crippen molar-refractivity contribution in [1.29, 1.82) is 0 Å². The Morgan fingerprint density at radius 2 is 1.94 bits per heavy atom. The van der Waals surface area contributed by atoms with Crippen molar-refractivity contribution in [2.45, 2.75) is 6.92 Å². The van der Waals surface area contributed by atoms with Gasteiger partial charge in [0.1, 0.15) is 5.75 Å². The molecule has 18 heavy (non-hydrogen) atoms. The summed E-state index contributed by atoms with van der Waals surface area (Å²) in [6, 6.07) is 11.9. The van der Waals surface area contributed by atoms with Crippen molar-refractivity contribution in [3.63, 3.8) is 0 Å². The maximum absolute atomic E-state index is 12.0. The molecule has 4 nitrogen and oxygen atoms in total. The number of phenols is 1. The fraction of sp³-hybridized carbons (Fsp3) is 0.0714. The molecule has 0 aliphatic rings. The van der Waals surface area contributed by atoms with Gasteiger partial charge in [0.25, 0.3) is 5.91 Å². The minimum absolute atomic E-state index is 0.0903. The van der Waals surface area contributed by atoms with Crippen LogP contribution in [-0.2, 0) is 0 Å². The van der Waals surface area contributed by atoms with E-state index < -0.39 is 0 Å². The van der Waals surface area contributed by atoms with Gasteiger partial charge in [-0.1, -0.05) is 18.2 Å². The van der Waals surface area contributed by atoms with Gasteiger partial charge in [-0.15, -0.1) is 0 Å². The first-order valence-corrected chi connectivity index (χ1v) is 5.53. The maximum atomic E-state index is 12.0. The van der Waals surface area contributed by atoms with Crippen LogP contribution in [0.2, 0.25) is 0 Å². The fourth-order valence-electron chi connectivity index (χ4n) is 1.59. The van der Waals surface area contributed by atoms with E-state index in [0.717, 1.165) is 11.3 Å². The Morgan fingerprint density at radius 1 is 1.22 bits per heavy atom. The lowest BCUT2D eigenvalue weighted by Gasteiger charge is -2.08. The number of amides is 1. The largest absolute Gasteiger partial charge is 0.506 e. The van der Waals surface area contributed by atoms with E-state index in [1.54, 1.807) is 6.07 Å². The van der Waals surface area contributed by atoms with Gasteiger partial charge in [-0.25, -0.2) is 0 Å². The third-order valence-electron chi connectivity index (χ3n) is 2.69. The van der Waals surface area contributed by atoms with Crippen LogP contribution < -0.4 is 11.1 Å². The second-order valence-electron chi connectivity index (χ2n) is 4.04. The summed E-state index contributed by atoms with van der Waals surface area (Å²) in [5.41, 5.74) is 7.83. The number of carbonyl (C=O) groups is 1. The van der Waals surface area contributed by atoms with Crippen LogP contribution in [0.1, 0.15) is 15.9 Å². The van der Waals surface area contributed by atoms with Crippen LogP contribution >= 0.6 is 0 Å². The van der Waals surface area contributed by atoms with E-state index in [1.807, 2.05) is 31.2 Å². The zero-order valence-corrected chi connectivity index (χ0v) is 9.97. The monoisotopic (exact) mass is 242 g/mol. The minimum Gasteiger partial charge on any atom is -0.506 e. The third kappa shape index (κ3) is 2.43. The van der Waals surface area contributed by atoms with E-state index in [9.17, 15) is 9.90 Å². The number of para-hydroxylation sites is 1. The highest BCUT2D eigenvalue weighted by Gasteiger charge is 2.09. The summed E-state index contributed by atoms with van der Waals surface area (Å²) in [5.74, 6) is -0.368. The number of carbonyl (C=O) groups excluding carboxylic acids is 1. The summed E-state index contributed by atoms with van der Waals surface area (Å²) < 4.78 is 0. The Morgan fingerprint density at radius 3 is 2.61 bits per heavy atom. The number of aryl methyl sites for hydroxylation is 1. The smallest absolute Gasteiger partial charge is 0.255 e. The molecule has 0 saturated heterocycles. The third-order valence-corrected chi connectivity index (χ3v) is 2.69. The van der Waals surface area contributed by atoms with Crippen LogP contribution in [0.5, 0.6) is 5.75 Å². The average Bonchev–Trinajstić information content (AvgIpc) is 2.35. The SMILES string of the molecule is Cc1ccccc1NC(=O)c1ccc(N)c(O)c1. The highest BCUT2D eigenvalue weighted by molar-refractivity contribution is 6.05. The minimum atomic E-state index is -0.278. The maximum Gasteiger partial charge on any atom is 0.255 e. The highest BCUT2D eigenvalue weighted by Crippen LogP contribution is 2.22. The second-order valence-corrected chi connectivity index (χ2v) is 4.04. The van der Waals surface area contributed by atoms with E-state index in [-0.39, 0.29) is 17.3 Å². The van der Waals surface area contributed by atoms with Gasteiger partial charge in [0.05, 0.1) is 5.69 Å². The van der Waals surface area contributed by atoms with Gasteiger partial charge in [0.15, 0.2) is 0 Å². The van der Waals surface area contributed by atoms with Crippen LogP contribution in [0.25, 0.3) is 0 Å². The number of nitrogens with two attached hydrogens (primary N) is 1. The van der Waals surface area contributed by atoms with Crippen molar-refractivity contribution >= 4 is 17.3 Å². The standard InChI is InChI=1S/C14H14N2O2/c1-9-4-2-3-5-12(9)16-14(18)10-6-7-11(15)13(17)8-10/h2-8,17H,15H2,1H3,(H,16,18). The summed E-state index contributed by atoms with van der Waals surface area (Å²) in [4.78, 5) is 12.0. The van der Waals surface area contributed by atoms with Crippen LogP contribution in [-0.4, -0.2) is 11.0 Å². The normalized spacial score (nSPS) is 10.1. The number of rotatable bonds is 2. The molecule has 0 radical (unpaired) electrons. The van der Waals surface area contributed by atoms with Crippen molar-refractivity contribution in [3.05, 3.63) is 53.6 Å². The molecule has 4 N–H and O–H groups in total. The lowest BCUT2D eigenvalue weighted by molar-refractivity contribution is 0.102. The summed E-state index contributed by atoms with van der Waals surface area (Å²) in [7, 11) is 0. The quantitative estimate of drug-likeness (QED) is 0.559. The van der Waals surface area contributed by atoms with Gasteiger partial charge in [-0.2, -0.15) is 0 Å². The van der Waals surface area contributed by atoms with Crippen molar-refractivity contribution in [3.8, 4) is 5.75 Å². The van der Waals surface area contributed by atoms with Crippen molar-refractivity contribution in [2.24, 2.45) is 0 Å². The second kappa shape index (κ2) is 4.79. The van der Waals surface area contributed by atoms with Crippen molar-refractivity contribution in [2.75, 3.05) is 11.1 Å². The number of aromatic hydroxyl groups is 1. The summed E-state index contributed by atoms with van der Waals surface area (Å²) in [6.07, 6.45) is 0. The number of hydrogen-bond acceptors (Lipinski definition) is 3. The Labute approximate surface area is 105 Å². The van der Waals surface area contributed by atoms with Gasteiger partial charge in [-0.05, 0) is 36.8 Å². The predicted molar refractivity (Wildman–Crippen MR) is 71.7 cm³/mol. The lowest BCUT2D eigenvalue weighted by Crippen LogP contribution is -2.12. The van der Waals surface area contributed by atoms with Gasteiger partial charge >= 0.3 is 0 Å². The number of phenolic OH excluding ortho intramolecular Hbond substituents is 1. The molecule has 0 heterocycles. The molecule has 92 valence electrons. The van der Waals surface area contributed by atoms with Crippen molar-refractivity contribution in [1.82, 2.24) is 0 Å². The molecule has 4 heteroatoms. The first-order valence-electron chi connectivity index (χ1n) is 5.53. The average molecular weight is 242 g/mol. The van der Waals surface area contributed by atoms with Gasteiger partial charge < -0.3 is 16.2 Å². The van der Waals surface area contributed by atoms with Gasteiger partial charge in [-0.3, -0.25) is 4.79 Å². The molecule has 0 saturated carbocycles. The molecular formula is C14H14N2O2. The molecule has 0 aliphatic carbocycles. The first-order chi connectivity index (χ1) is 8.58. The molecule has 2 rings (SSSR count). The first kappa shape index (κ1) is 12.0. The number of anilines is 2. The van der Waals surface area contributed by atoms with Gasteiger partial charge in [0.2, 0.25) is 0 Å². The van der Waals surface area contributed by atoms with Crippen molar-refractivity contribution < 1.29 is 9.90 Å². The Kier molecular flexibility index (Phi) is 3.19. The fourth-order valence-corrected chi connectivity index (χ4v) is 1.59. The Bertz CT molecular complexity index is 594. The molecular weight excluding hydrogens is 228 g/mol. The van der Waals surface area contributed by atoms with Crippen LogP contribution in [0.3, 0.4) is 0 Å². The zero-order chi connectivity index (χ0) is 13.1. The van der Waals surface area contributed by atoms with Crippen LogP contribution in [0.4, 0.5) is 11.4 Å². The Hall–Kier alpha value is -2.49. The van der Waals surface area contributed by atoms with E-state index in [1.165, 1.54) is 12.1 Å². The Balaban J connectivity index is 2.22.